The summed E-state index contributed by atoms with van der Waals surface area (Å²) in [7, 11) is 1.69. The maximum atomic E-state index is 6.71. The lowest BCUT2D eigenvalue weighted by Gasteiger charge is -2.37. The average Bonchev–Trinajstić information content (AvgIpc) is 2.90. The van der Waals surface area contributed by atoms with E-state index in [1.807, 2.05) is 18.2 Å². The van der Waals surface area contributed by atoms with Crippen LogP contribution in [0, 0.1) is 13.8 Å². The van der Waals surface area contributed by atoms with E-state index in [0.29, 0.717) is 6.61 Å². The first-order valence-electron chi connectivity index (χ1n) is 14.6. The van der Waals surface area contributed by atoms with Crippen LogP contribution in [0.5, 0.6) is 17.2 Å². The van der Waals surface area contributed by atoms with Gasteiger partial charge in [0.15, 0.2) is 0 Å². The molecule has 0 aromatic heterocycles. The molecule has 39 heavy (non-hydrogen) atoms. The summed E-state index contributed by atoms with van der Waals surface area (Å²) in [6.45, 7) is 16.0. The predicted octanol–water partition coefficient (Wildman–Crippen LogP) is 10.2. The topological polar surface area (TPSA) is 27.7 Å². The predicted molar refractivity (Wildman–Crippen MR) is 165 cm³/mol. The van der Waals surface area contributed by atoms with Gasteiger partial charge >= 0.3 is 0 Å². The first-order chi connectivity index (χ1) is 18.6. The number of hydrogen-bond donors (Lipinski definition) is 0. The summed E-state index contributed by atoms with van der Waals surface area (Å²) < 4.78 is 18.3. The van der Waals surface area contributed by atoms with Crippen molar-refractivity contribution in [2.45, 2.75) is 112 Å². The number of fused-ring (bicyclic) bond motifs is 1. The molecule has 0 aliphatic carbocycles. The van der Waals surface area contributed by atoms with E-state index >= 15 is 0 Å². The summed E-state index contributed by atoms with van der Waals surface area (Å²) in [6, 6.07) is 10.2. The number of benzene rings is 2. The minimum atomic E-state index is -0.134. The molecule has 0 fully saturated rings. The lowest BCUT2D eigenvalue weighted by atomic mass is 9.86. The maximum Gasteiger partial charge on any atom is 0.126 e. The minimum absolute atomic E-state index is 0.134. The Balaban J connectivity index is 1.54. The third-order valence-corrected chi connectivity index (χ3v) is 7.96. The molecule has 212 valence electrons. The Morgan fingerprint density at radius 1 is 0.923 bits per heavy atom. The zero-order valence-corrected chi connectivity index (χ0v) is 25.7. The van der Waals surface area contributed by atoms with E-state index in [1.165, 1.54) is 34.3 Å². The first-order valence-corrected chi connectivity index (χ1v) is 14.6. The summed E-state index contributed by atoms with van der Waals surface area (Å²) in [5.74, 6) is 2.86. The molecule has 0 bridgehead atoms. The van der Waals surface area contributed by atoms with Crippen LogP contribution in [0.4, 0.5) is 0 Å². The molecule has 1 aliphatic heterocycles. The third kappa shape index (κ3) is 9.34. The molecule has 3 heteroatoms. The Labute approximate surface area is 238 Å². The van der Waals surface area contributed by atoms with E-state index in [4.69, 9.17) is 14.2 Å². The number of methoxy groups -OCH3 is 1. The quantitative estimate of drug-likeness (QED) is 0.241. The normalized spacial score (nSPS) is 17.3. The molecule has 0 N–H and O–H groups in total. The fourth-order valence-corrected chi connectivity index (χ4v) is 5.16. The van der Waals surface area contributed by atoms with Gasteiger partial charge < -0.3 is 14.2 Å². The van der Waals surface area contributed by atoms with Crippen molar-refractivity contribution >= 4 is 0 Å². The highest BCUT2D eigenvalue weighted by molar-refractivity contribution is 5.54. The van der Waals surface area contributed by atoms with E-state index < -0.39 is 0 Å². The molecule has 0 saturated heterocycles. The number of allylic oxidation sites excluding steroid dienone is 6. The lowest BCUT2D eigenvalue weighted by molar-refractivity contribution is 0.0560. The monoisotopic (exact) mass is 530 g/mol. The number of aryl methyl sites for hydroxylation is 1. The van der Waals surface area contributed by atoms with E-state index in [9.17, 15) is 0 Å². The number of rotatable bonds is 13. The Morgan fingerprint density at radius 2 is 1.62 bits per heavy atom. The summed E-state index contributed by atoms with van der Waals surface area (Å²) in [4.78, 5) is 0. The van der Waals surface area contributed by atoms with Crippen molar-refractivity contribution in [2.24, 2.45) is 0 Å². The molecule has 0 unspecified atom stereocenters. The molecule has 1 heterocycles. The summed E-state index contributed by atoms with van der Waals surface area (Å²) >= 11 is 0. The summed E-state index contributed by atoms with van der Waals surface area (Å²) in [5.41, 5.74) is 8.96. The van der Waals surface area contributed by atoms with Crippen LogP contribution in [0.25, 0.3) is 0 Å². The van der Waals surface area contributed by atoms with Crippen LogP contribution in [0.15, 0.2) is 65.3 Å². The molecule has 0 saturated carbocycles. The standard InChI is InChI=1S/C36H50O3/c1-26(2)13-9-14-27(3)15-10-16-28(4)17-12-21-36(7)22-20-32-24-34(29(5)30(6)35(32)39-36)38-25-31-18-11-19-33(23-31)37-8/h11,13,15,17-19,23-24H,9-10,12,14,16,20-22,25H2,1-8H3/b27-15+,28-17+/t36-/m1/s1. The highest BCUT2D eigenvalue weighted by Gasteiger charge is 2.32. The molecule has 1 atom stereocenters. The van der Waals surface area contributed by atoms with Crippen LogP contribution < -0.4 is 14.2 Å². The van der Waals surface area contributed by atoms with Crippen LogP contribution in [0.2, 0.25) is 0 Å². The second kappa shape index (κ2) is 14.4. The largest absolute Gasteiger partial charge is 0.497 e. The zero-order valence-electron chi connectivity index (χ0n) is 25.7. The van der Waals surface area contributed by atoms with Crippen molar-refractivity contribution in [3.8, 4) is 17.2 Å². The Bertz CT molecular complexity index is 1200. The fraction of sp³-hybridized carbons (Fsp3) is 0.500. The molecular formula is C36H50O3. The molecule has 3 rings (SSSR count). The molecular weight excluding hydrogens is 480 g/mol. The van der Waals surface area contributed by atoms with Crippen LogP contribution in [0.1, 0.15) is 102 Å². The van der Waals surface area contributed by atoms with Crippen molar-refractivity contribution in [1.82, 2.24) is 0 Å². The van der Waals surface area contributed by atoms with Crippen LogP contribution >= 0.6 is 0 Å². The fourth-order valence-electron chi connectivity index (χ4n) is 5.16. The van der Waals surface area contributed by atoms with E-state index in [1.54, 1.807) is 7.11 Å². The Hall–Kier alpha value is -2.94. The van der Waals surface area contributed by atoms with Crippen molar-refractivity contribution < 1.29 is 14.2 Å². The molecule has 3 nitrogen and oxygen atoms in total. The smallest absolute Gasteiger partial charge is 0.126 e. The lowest BCUT2D eigenvalue weighted by Crippen LogP contribution is -2.36. The Morgan fingerprint density at radius 3 is 2.31 bits per heavy atom. The second-order valence-electron chi connectivity index (χ2n) is 11.8. The highest BCUT2D eigenvalue weighted by atomic mass is 16.5. The van der Waals surface area contributed by atoms with Crippen LogP contribution in [-0.2, 0) is 13.0 Å². The van der Waals surface area contributed by atoms with E-state index in [2.05, 4.69) is 78.8 Å². The number of hydrogen-bond acceptors (Lipinski definition) is 3. The summed E-state index contributed by atoms with van der Waals surface area (Å²) in [5, 5.41) is 0. The SMILES string of the molecule is COc1cccc(COc2cc3c(c(C)c2C)O[C@](C)(CC/C=C(\C)CC/C=C(\C)CCC=C(C)C)CC3)c1. The Kier molecular flexibility index (Phi) is 11.3. The van der Waals surface area contributed by atoms with Gasteiger partial charge in [-0.1, -0.05) is 47.1 Å². The summed E-state index contributed by atoms with van der Waals surface area (Å²) in [6.07, 6.45) is 15.9. The van der Waals surface area contributed by atoms with Gasteiger partial charge in [0.1, 0.15) is 29.5 Å². The van der Waals surface area contributed by atoms with Crippen molar-refractivity contribution in [3.05, 3.63) is 87.5 Å². The van der Waals surface area contributed by atoms with Crippen LogP contribution in [-0.4, -0.2) is 12.7 Å². The van der Waals surface area contributed by atoms with Gasteiger partial charge in [-0.25, -0.2) is 0 Å². The van der Waals surface area contributed by atoms with Crippen molar-refractivity contribution in [2.75, 3.05) is 7.11 Å². The first kappa shape index (κ1) is 30.6. The van der Waals surface area contributed by atoms with Crippen LogP contribution in [0.3, 0.4) is 0 Å². The minimum Gasteiger partial charge on any atom is -0.497 e. The number of ether oxygens (including phenoxy) is 3. The van der Waals surface area contributed by atoms with E-state index in [-0.39, 0.29) is 5.60 Å². The van der Waals surface area contributed by atoms with Gasteiger partial charge in [-0.05, 0) is 140 Å². The van der Waals surface area contributed by atoms with Crippen molar-refractivity contribution in [1.29, 1.82) is 0 Å². The molecule has 2 aromatic rings. The van der Waals surface area contributed by atoms with Gasteiger partial charge in [0.25, 0.3) is 0 Å². The highest BCUT2D eigenvalue weighted by Crippen LogP contribution is 2.42. The van der Waals surface area contributed by atoms with Gasteiger partial charge in [-0.15, -0.1) is 0 Å². The molecule has 2 aromatic carbocycles. The molecule has 0 spiro atoms. The van der Waals surface area contributed by atoms with Gasteiger partial charge in [-0.3, -0.25) is 0 Å². The van der Waals surface area contributed by atoms with Gasteiger partial charge in [-0.2, -0.15) is 0 Å². The van der Waals surface area contributed by atoms with E-state index in [0.717, 1.165) is 73.3 Å². The van der Waals surface area contributed by atoms with Gasteiger partial charge in [0.05, 0.1) is 7.11 Å². The molecule has 1 aliphatic rings. The molecule has 0 amide bonds. The van der Waals surface area contributed by atoms with Gasteiger partial charge in [0, 0.05) is 0 Å². The average molecular weight is 531 g/mol. The molecule has 0 radical (unpaired) electrons. The zero-order chi connectivity index (χ0) is 28.4. The second-order valence-corrected chi connectivity index (χ2v) is 11.8. The van der Waals surface area contributed by atoms with Crippen molar-refractivity contribution in [3.63, 3.8) is 0 Å². The maximum absolute atomic E-state index is 6.71. The third-order valence-electron chi connectivity index (χ3n) is 7.96. The van der Waals surface area contributed by atoms with Gasteiger partial charge in [0.2, 0.25) is 0 Å².